The summed E-state index contributed by atoms with van der Waals surface area (Å²) < 4.78 is 13.7. The Kier molecular flexibility index (Phi) is 6.99. The third-order valence-corrected chi connectivity index (χ3v) is 3.75. The molecule has 0 aromatic heterocycles. The third-order valence-electron chi connectivity index (χ3n) is 3.75. The van der Waals surface area contributed by atoms with Crippen LogP contribution < -0.4 is 0 Å². The Morgan fingerprint density at radius 3 is 2.33 bits per heavy atom. The standard InChI is InChI=1S/C17H27FN2O/c1-6-20(14(3)12-19(4)5)11-13(2)17(21)15-9-7-8-10-16(15)18/h7-10,13-14H,6,11-12H2,1-5H3. The molecule has 4 heteroatoms. The Bertz CT molecular complexity index is 462. The molecule has 118 valence electrons. The van der Waals surface area contributed by atoms with Gasteiger partial charge >= 0.3 is 0 Å². The molecule has 0 radical (unpaired) electrons. The van der Waals surface area contributed by atoms with E-state index >= 15 is 0 Å². The minimum Gasteiger partial charge on any atom is -0.308 e. The van der Waals surface area contributed by atoms with Crippen molar-refractivity contribution in [2.45, 2.75) is 26.8 Å². The van der Waals surface area contributed by atoms with E-state index in [0.717, 1.165) is 13.1 Å². The van der Waals surface area contributed by atoms with E-state index in [1.165, 1.54) is 6.07 Å². The van der Waals surface area contributed by atoms with Crippen molar-refractivity contribution < 1.29 is 9.18 Å². The Hall–Kier alpha value is -1.26. The lowest BCUT2D eigenvalue weighted by molar-refractivity contribution is 0.0861. The van der Waals surface area contributed by atoms with E-state index in [-0.39, 0.29) is 17.3 Å². The smallest absolute Gasteiger partial charge is 0.169 e. The molecule has 2 atom stereocenters. The van der Waals surface area contributed by atoms with Crippen LogP contribution in [-0.4, -0.2) is 55.4 Å². The first-order chi connectivity index (χ1) is 9.86. The summed E-state index contributed by atoms with van der Waals surface area (Å²) in [7, 11) is 4.08. The van der Waals surface area contributed by atoms with E-state index in [1.807, 2.05) is 21.0 Å². The van der Waals surface area contributed by atoms with Gasteiger partial charge in [-0.1, -0.05) is 26.0 Å². The summed E-state index contributed by atoms with van der Waals surface area (Å²) in [5.41, 5.74) is 0.196. The summed E-state index contributed by atoms with van der Waals surface area (Å²) in [6.45, 7) is 8.59. The highest BCUT2D eigenvalue weighted by molar-refractivity contribution is 5.98. The summed E-state index contributed by atoms with van der Waals surface area (Å²) >= 11 is 0. The van der Waals surface area contributed by atoms with Gasteiger partial charge in [0.15, 0.2) is 5.78 Å². The Morgan fingerprint density at radius 2 is 1.81 bits per heavy atom. The van der Waals surface area contributed by atoms with Gasteiger partial charge in [0.2, 0.25) is 0 Å². The fourth-order valence-corrected chi connectivity index (χ4v) is 2.63. The summed E-state index contributed by atoms with van der Waals surface area (Å²) in [5, 5.41) is 0. The van der Waals surface area contributed by atoms with Crippen molar-refractivity contribution in [1.82, 2.24) is 9.80 Å². The summed E-state index contributed by atoms with van der Waals surface area (Å²) in [4.78, 5) is 16.8. The second-order valence-electron chi connectivity index (χ2n) is 5.94. The van der Waals surface area contributed by atoms with Crippen LogP contribution in [0.5, 0.6) is 0 Å². The summed E-state index contributed by atoms with van der Waals surface area (Å²) in [5.74, 6) is -0.770. The molecule has 0 fully saturated rings. The number of ketones is 1. The number of hydrogen-bond acceptors (Lipinski definition) is 3. The number of halogens is 1. The molecule has 21 heavy (non-hydrogen) atoms. The first-order valence-electron chi connectivity index (χ1n) is 7.54. The van der Waals surface area contributed by atoms with Crippen molar-refractivity contribution in [2.75, 3.05) is 33.7 Å². The van der Waals surface area contributed by atoms with Gasteiger partial charge in [0.25, 0.3) is 0 Å². The zero-order valence-electron chi connectivity index (χ0n) is 13.8. The number of rotatable bonds is 8. The molecule has 2 unspecified atom stereocenters. The third kappa shape index (κ3) is 5.21. The van der Waals surface area contributed by atoms with Gasteiger partial charge in [0.1, 0.15) is 5.82 Å². The van der Waals surface area contributed by atoms with Crippen LogP contribution in [-0.2, 0) is 0 Å². The van der Waals surface area contributed by atoms with Crippen LogP contribution in [0, 0.1) is 11.7 Å². The molecule has 0 saturated carbocycles. The van der Waals surface area contributed by atoms with Crippen LogP contribution in [0.1, 0.15) is 31.1 Å². The number of Topliss-reactive ketones (excluding diaryl/α,β-unsaturated/α-hetero) is 1. The zero-order valence-corrected chi connectivity index (χ0v) is 13.8. The van der Waals surface area contributed by atoms with Crippen LogP contribution in [0.4, 0.5) is 4.39 Å². The van der Waals surface area contributed by atoms with Crippen molar-refractivity contribution in [3.63, 3.8) is 0 Å². The minimum absolute atomic E-state index is 0.122. The van der Waals surface area contributed by atoms with Gasteiger partial charge in [-0.15, -0.1) is 0 Å². The molecule has 0 aliphatic carbocycles. The molecule has 1 aromatic carbocycles. The maximum absolute atomic E-state index is 13.7. The monoisotopic (exact) mass is 294 g/mol. The number of carbonyl (C=O) groups excluding carboxylic acids is 1. The molecule has 0 N–H and O–H groups in total. The SMILES string of the molecule is CCN(CC(C)C(=O)c1ccccc1F)C(C)CN(C)C. The average molecular weight is 294 g/mol. The number of benzene rings is 1. The Balaban J connectivity index is 2.72. The van der Waals surface area contributed by atoms with Gasteiger partial charge in [-0.05, 0) is 39.7 Å². The van der Waals surface area contributed by atoms with Crippen LogP contribution >= 0.6 is 0 Å². The second-order valence-corrected chi connectivity index (χ2v) is 5.94. The van der Waals surface area contributed by atoms with Crippen LogP contribution in [0.15, 0.2) is 24.3 Å². The molecule has 1 aromatic rings. The van der Waals surface area contributed by atoms with Crippen molar-refractivity contribution in [3.05, 3.63) is 35.6 Å². The van der Waals surface area contributed by atoms with E-state index < -0.39 is 5.82 Å². The van der Waals surface area contributed by atoms with Gasteiger partial charge in [-0.2, -0.15) is 0 Å². The molecular weight excluding hydrogens is 267 g/mol. The Morgan fingerprint density at radius 1 is 1.19 bits per heavy atom. The highest BCUT2D eigenvalue weighted by Gasteiger charge is 2.22. The number of likely N-dealkylation sites (N-methyl/N-ethyl adjacent to an activating group) is 2. The van der Waals surface area contributed by atoms with E-state index in [2.05, 4.69) is 23.6 Å². The van der Waals surface area contributed by atoms with Crippen molar-refractivity contribution in [2.24, 2.45) is 5.92 Å². The topological polar surface area (TPSA) is 23.6 Å². The van der Waals surface area contributed by atoms with E-state index in [4.69, 9.17) is 0 Å². The number of carbonyl (C=O) groups is 1. The van der Waals surface area contributed by atoms with E-state index in [1.54, 1.807) is 18.2 Å². The van der Waals surface area contributed by atoms with Gasteiger partial charge in [-0.25, -0.2) is 4.39 Å². The molecule has 0 spiro atoms. The molecule has 0 heterocycles. The molecule has 0 aliphatic rings. The summed E-state index contributed by atoms with van der Waals surface area (Å²) in [6, 6.07) is 6.57. The summed E-state index contributed by atoms with van der Waals surface area (Å²) in [6.07, 6.45) is 0. The van der Waals surface area contributed by atoms with E-state index in [9.17, 15) is 9.18 Å². The van der Waals surface area contributed by atoms with Gasteiger partial charge in [0, 0.05) is 25.0 Å². The second kappa shape index (κ2) is 8.25. The largest absolute Gasteiger partial charge is 0.308 e. The van der Waals surface area contributed by atoms with Crippen LogP contribution in [0.25, 0.3) is 0 Å². The van der Waals surface area contributed by atoms with Crippen molar-refractivity contribution in [3.8, 4) is 0 Å². The molecule has 0 bridgehead atoms. The molecule has 1 rings (SSSR count). The maximum atomic E-state index is 13.7. The van der Waals surface area contributed by atoms with Gasteiger partial charge in [-0.3, -0.25) is 9.69 Å². The first kappa shape index (κ1) is 17.8. The maximum Gasteiger partial charge on any atom is 0.169 e. The lowest BCUT2D eigenvalue weighted by atomic mass is 9.98. The highest BCUT2D eigenvalue weighted by atomic mass is 19.1. The first-order valence-corrected chi connectivity index (χ1v) is 7.54. The molecular formula is C17H27FN2O. The fourth-order valence-electron chi connectivity index (χ4n) is 2.63. The predicted octanol–water partition coefficient (Wildman–Crippen LogP) is 2.92. The van der Waals surface area contributed by atoms with E-state index in [0.29, 0.717) is 12.6 Å². The Labute approximate surface area is 127 Å². The van der Waals surface area contributed by atoms with Gasteiger partial charge in [0.05, 0.1) is 5.56 Å². The molecule has 3 nitrogen and oxygen atoms in total. The lowest BCUT2D eigenvalue weighted by Crippen LogP contribution is -2.43. The predicted molar refractivity (Wildman–Crippen MR) is 85.2 cm³/mol. The van der Waals surface area contributed by atoms with Crippen molar-refractivity contribution >= 4 is 5.78 Å². The number of nitrogens with zero attached hydrogens (tertiary/aromatic N) is 2. The van der Waals surface area contributed by atoms with Gasteiger partial charge < -0.3 is 4.90 Å². The van der Waals surface area contributed by atoms with Crippen LogP contribution in [0.3, 0.4) is 0 Å². The normalized spacial score (nSPS) is 14.5. The van der Waals surface area contributed by atoms with Crippen molar-refractivity contribution in [1.29, 1.82) is 0 Å². The fraction of sp³-hybridized carbons (Fsp3) is 0.588. The molecule has 0 aliphatic heterocycles. The van der Waals surface area contributed by atoms with Crippen LogP contribution in [0.2, 0.25) is 0 Å². The minimum atomic E-state index is -0.432. The zero-order chi connectivity index (χ0) is 16.0. The molecule has 0 saturated heterocycles. The highest BCUT2D eigenvalue weighted by Crippen LogP contribution is 2.15. The quantitative estimate of drug-likeness (QED) is 0.689. The number of hydrogen-bond donors (Lipinski definition) is 0. The lowest BCUT2D eigenvalue weighted by Gasteiger charge is -2.31. The average Bonchev–Trinajstić information content (AvgIpc) is 2.43. The molecule has 0 amide bonds.